The highest BCUT2D eigenvalue weighted by atomic mass is 19.4. The van der Waals surface area contributed by atoms with Crippen LogP contribution in [0.1, 0.15) is 66.1 Å². The second-order valence-electron chi connectivity index (χ2n) is 10.4. The molecule has 1 aliphatic heterocycles. The van der Waals surface area contributed by atoms with E-state index >= 15 is 0 Å². The molecule has 2 aromatic rings. The summed E-state index contributed by atoms with van der Waals surface area (Å²) in [6.45, 7) is 3.09. The second-order valence-corrected chi connectivity index (χ2v) is 10.4. The highest BCUT2D eigenvalue weighted by molar-refractivity contribution is 5.91. The molecule has 1 heterocycles. The van der Waals surface area contributed by atoms with Gasteiger partial charge < -0.3 is 14.5 Å². The third kappa shape index (κ3) is 5.85. The van der Waals surface area contributed by atoms with Crippen molar-refractivity contribution in [1.29, 1.82) is 0 Å². The van der Waals surface area contributed by atoms with Crippen molar-refractivity contribution in [2.24, 2.45) is 0 Å². The number of amides is 3. The van der Waals surface area contributed by atoms with Crippen molar-refractivity contribution >= 4 is 17.8 Å². The van der Waals surface area contributed by atoms with Crippen LogP contribution in [0.25, 0.3) is 0 Å². The number of carbonyl (C=O) groups excluding carboxylic acids is 2. The minimum Gasteiger partial charge on any atom is -0.449 e. The number of alkyl halides is 6. The van der Waals surface area contributed by atoms with Crippen molar-refractivity contribution in [2.45, 2.75) is 70.5 Å². The summed E-state index contributed by atoms with van der Waals surface area (Å²) in [6.07, 6.45) is -7.89. The predicted molar refractivity (Wildman–Crippen MR) is 136 cm³/mol. The fraction of sp³-hybridized carbons (Fsp3) is 0.500. The monoisotopic (exact) mass is 571 g/mol. The first-order valence-corrected chi connectivity index (χ1v) is 13.0. The third-order valence-corrected chi connectivity index (χ3v) is 7.33. The maximum Gasteiger partial charge on any atom is 0.416 e. The van der Waals surface area contributed by atoms with Gasteiger partial charge in [0.15, 0.2) is 0 Å². The molecule has 218 valence electrons. The molecular formula is C28H31F6N3O3. The summed E-state index contributed by atoms with van der Waals surface area (Å²) in [5, 5.41) is 0. The number of hydrogen-bond donors (Lipinski definition) is 0. The molecule has 0 saturated heterocycles. The molecule has 2 aromatic carbocycles. The van der Waals surface area contributed by atoms with Crippen molar-refractivity contribution in [2.75, 3.05) is 25.6 Å². The number of carbonyl (C=O) groups is 2. The Morgan fingerprint density at radius 3 is 2.05 bits per heavy atom. The number of halogens is 6. The van der Waals surface area contributed by atoms with E-state index in [0.29, 0.717) is 23.4 Å². The van der Waals surface area contributed by atoms with Gasteiger partial charge in [-0.2, -0.15) is 26.3 Å². The van der Waals surface area contributed by atoms with E-state index in [1.165, 1.54) is 28.8 Å². The van der Waals surface area contributed by atoms with Crippen LogP contribution in [0.5, 0.6) is 0 Å². The zero-order valence-corrected chi connectivity index (χ0v) is 22.6. The molecule has 0 unspecified atom stereocenters. The maximum atomic E-state index is 13.6. The Morgan fingerprint density at radius 2 is 1.52 bits per heavy atom. The van der Waals surface area contributed by atoms with Gasteiger partial charge in [-0.3, -0.25) is 4.90 Å². The van der Waals surface area contributed by atoms with E-state index in [-0.39, 0.29) is 24.7 Å². The quantitative estimate of drug-likeness (QED) is 0.365. The summed E-state index contributed by atoms with van der Waals surface area (Å²) in [5.74, 6) is 0. The van der Waals surface area contributed by atoms with Crippen LogP contribution in [-0.4, -0.2) is 48.7 Å². The minimum absolute atomic E-state index is 0.0696. The first-order valence-electron chi connectivity index (χ1n) is 13.0. The molecule has 0 fully saturated rings. The van der Waals surface area contributed by atoms with E-state index < -0.39 is 54.2 Å². The Kier molecular flexibility index (Phi) is 8.01. The van der Waals surface area contributed by atoms with Gasteiger partial charge in [0.2, 0.25) is 0 Å². The Morgan fingerprint density at radius 1 is 0.950 bits per heavy atom. The molecule has 0 N–H and O–H groups in total. The van der Waals surface area contributed by atoms with E-state index in [1.807, 2.05) is 12.1 Å². The lowest BCUT2D eigenvalue weighted by molar-refractivity contribution is -0.143. The summed E-state index contributed by atoms with van der Waals surface area (Å²) in [5.41, 5.74) is 0.0263. The fourth-order valence-corrected chi connectivity index (χ4v) is 5.54. The van der Waals surface area contributed by atoms with Crippen LogP contribution in [0, 0.1) is 0 Å². The number of anilines is 1. The van der Waals surface area contributed by atoms with Crippen molar-refractivity contribution in [3.05, 3.63) is 63.7 Å². The Balaban J connectivity index is 1.85. The van der Waals surface area contributed by atoms with E-state index in [4.69, 9.17) is 4.74 Å². The Hall–Kier alpha value is -3.44. The topological polar surface area (TPSA) is 53.1 Å². The Bertz CT molecular complexity index is 1260. The highest BCUT2D eigenvalue weighted by Gasteiger charge is 2.41. The van der Waals surface area contributed by atoms with Crippen molar-refractivity contribution in [3.63, 3.8) is 0 Å². The zero-order chi connectivity index (χ0) is 29.6. The van der Waals surface area contributed by atoms with Crippen LogP contribution in [0.3, 0.4) is 0 Å². The van der Waals surface area contributed by atoms with Crippen LogP contribution in [0.2, 0.25) is 0 Å². The molecule has 2 aliphatic rings. The molecule has 4 rings (SSSR count). The lowest BCUT2D eigenvalue weighted by Gasteiger charge is -2.44. The molecule has 0 spiro atoms. The first-order chi connectivity index (χ1) is 18.6. The Labute approximate surface area is 228 Å². The highest BCUT2D eigenvalue weighted by Crippen LogP contribution is 2.45. The molecular weight excluding hydrogens is 540 g/mol. The average Bonchev–Trinajstić information content (AvgIpc) is 3.31. The molecule has 1 aliphatic carbocycles. The van der Waals surface area contributed by atoms with Crippen LogP contribution in [0.4, 0.5) is 41.6 Å². The molecule has 0 radical (unpaired) electrons. The van der Waals surface area contributed by atoms with Gasteiger partial charge in [0, 0.05) is 26.7 Å². The lowest BCUT2D eigenvalue weighted by atomic mass is 9.88. The van der Waals surface area contributed by atoms with Gasteiger partial charge in [0.1, 0.15) is 0 Å². The SMILES string of the molecule is CCOC(=O)N1c2cc3c(cc2[C@@H](N(Cc2cc(C(F)(F)F)cc(C(F)(F)F)c2)C(=O)N(C)C)C[C@H]1C)CCC3. The van der Waals surface area contributed by atoms with Gasteiger partial charge in [-0.15, -0.1) is 0 Å². The average molecular weight is 572 g/mol. The van der Waals surface area contributed by atoms with Gasteiger partial charge in [0.05, 0.1) is 29.5 Å². The number of aryl methyl sites for hydroxylation is 2. The second kappa shape index (κ2) is 10.9. The van der Waals surface area contributed by atoms with Crippen LogP contribution < -0.4 is 4.90 Å². The summed E-state index contributed by atoms with van der Waals surface area (Å²) in [4.78, 5) is 30.5. The van der Waals surface area contributed by atoms with Gasteiger partial charge in [-0.25, -0.2) is 9.59 Å². The van der Waals surface area contributed by atoms with Gasteiger partial charge in [0.25, 0.3) is 0 Å². The van der Waals surface area contributed by atoms with Crippen molar-refractivity contribution < 1.29 is 40.7 Å². The van der Waals surface area contributed by atoms with E-state index in [1.54, 1.807) is 13.8 Å². The van der Waals surface area contributed by atoms with Gasteiger partial charge in [-0.1, -0.05) is 6.07 Å². The number of urea groups is 1. The number of benzene rings is 2. The molecule has 6 nitrogen and oxygen atoms in total. The summed E-state index contributed by atoms with van der Waals surface area (Å²) in [7, 11) is 2.92. The number of hydrogen-bond acceptors (Lipinski definition) is 3. The normalized spacial score (nSPS) is 18.7. The summed E-state index contributed by atoms with van der Waals surface area (Å²) < 4.78 is 86.7. The first kappa shape index (κ1) is 29.5. The van der Waals surface area contributed by atoms with Gasteiger partial charge >= 0.3 is 24.5 Å². The minimum atomic E-state index is -5.01. The molecule has 0 saturated carbocycles. The van der Waals surface area contributed by atoms with E-state index in [0.717, 1.165) is 30.4 Å². The third-order valence-electron chi connectivity index (χ3n) is 7.33. The number of ether oxygens (including phenoxy) is 1. The molecule has 0 bridgehead atoms. The van der Waals surface area contributed by atoms with E-state index in [2.05, 4.69) is 0 Å². The lowest BCUT2D eigenvalue weighted by Crippen LogP contribution is -2.49. The summed E-state index contributed by atoms with van der Waals surface area (Å²) in [6, 6.07) is 3.38. The smallest absolute Gasteiger partial charge is 0.416 e. The number of rotatable bonds is 4. The summed E-state index contributed by atoms with van der Waals surface area (Å²) >= 11 is 0. The molecule has 3 amide bonds. The van der Waals surface area contributed by atoms with Gasteiger partial charge in [-0.05, 0) is 86.1 Å². The standard InChI is InChI=1S/C28H31F6N3O3/c1-5-40-26(39)37-16(2)9-23(22-12-18-7-6-8-19(18)13-24(22)37)36(25(38)35(3)4)15-17-10-20(27(29,30)31)14-21(11-17)28(32,33)34/h10-14,16,23H,5-9,15H2,1-4H3/t16-,23+/m1/s1. The molecule has 40 heavy (non-hydrogen) atoms. The molecule has 12 heteroatoms. The largest absolute Gasteiger partial charge is 0.449 e. The fourth-order valence-electron chi connectivity index (χ4n) is 5.54. The van der Waals surface area contributed by atoms with Crippen molar-refractivity contribution in [3.8, 4) is 0 Å². The maximum absolute atomic E-state index is 13.6. The zero-order valence-electron chi connectivity index (χ0n) is 22.6. The number of fused-ring (bicyclic) bond motifs is 2. The van der Waals surface area contributed by atoms with Crippen LogP contribution >= 0.6 is 0 Å². The molecule has 2 atom stereocenters. The predicted octanol–water partition coefficient (Wildman–Crippen LogP) is 7.19. The molecule has 0 aromatic heterocycles. The van der Waals surface area contributed by atoms with Crippen molar-refractivity contribution in [1.82, 2.24) is 9.80 Å². The van der Waals surface area contributed by atoms with E-state index in [9.17, 15) is 35.9 Å². The van der Waals surface area contributed by atoms with Crippen LogP contribution in [0.15, 0.2) is 30.3 Å². The number of nitrogens with zero attached hydrogens (tertiary/aromatic N) is 3. The van der Waals surface area contributed by atoms with Crippen LogP contribution in [-0.2, 0) is 36.5 Å².